The molecule has 144 valence electrons. The summed E-state index contributed by atoms with van der Waals surface area (Å²) in [5.74, 6) is 1.51. The molecular weight excluding hydrogens is 352 g/mol. The summed E-state index contributed by atoms with van der Waals surface area (Å²) in [5, 5.41) is 0. The summed E-state index contributed by atoms with van der Waals surface area (Å²) < 4.78 is 18.3. The first-order chi connectivity index (χ1) is 13.2. The van der Waals surface area contributed by atoms with Crippen molar-refractivity contribution in [3.63, 3.8) is 0 Å². The number of methoxy groups -OCH3 is 1. The van der Waals surface area contributed by atoms with E-state index in [0.29, 0.717) is 28.4 Å². The van der Waals surface area contributed by atoms with Crippen LogP contribution in [0.15, 0.2) is 42.5 Å². The Kier molecular flexibility index (Phi) is 4.11. The molecule has 0 radical (unpaired) electrons. The molecule has 2 aromatic carbocycles. The van der Waals surface area contributed by atoms with Crippen LogP contribution < -0.4 is 14.2 Å². The normalized spacial score (nSPS) is 17.8. The number of carbonyl (C=O) groups is 1. The number of carbonyl (C=O) groups excluding carboxylic acids is 1. The zero-order chi connectivity index (χ0) is 20.1. The van der Waals surface area contributed by atoms with Gasteiger partial charge in [0.2, 0.25) is 5.78 Å². The molecule has 4 heteroatoms. The molecule has 0 atom stereocenters. The van der Waals surface area contributed by atoms with Crippen LogP contribution in [0.3, 0.4) is 0 Å². The summed E-state index contributed by atoms with van der Waals surface area (Å²) >= 11 is 0. The van der Waals surface area contributed by atoms with E-state index >= 15 is 0 Å². The average Bonchev–Trinajstić information content (AvgIpc) is 2.65. The second kappa shape index (κ2) is 6.26. The van der Waals surface area contributed by atoms with Crippen LogP contribution in [-0.4, -0.2) is 24.1 Å². The highest BCUT2D eigenvalue weighted by Crippen LogP contribution is 2.51. The minimum absolute atomic E-state index is 0.138. The number of rotatable bonds is 3. The second-order valence-electron chi connectivity index (χ2n) is 8.17. The largest absolute Gasteiger partial charge is 0.495 e. The molecule has 0 aromatic heterocycles. The van der Waals surface area contributed by atoms with E-state index in [2.05, 4.69) is 0 Å². The number of hydrogen-bond donors (Lipinski definition) is 0. The van der Waals surface area contributed by atoms with Crippen LogP contribution in [0.5, 0.6) is 17.2 Å². The lowest BCUT2D eigenvalue weighted by atomic mass is 9.89. The molecule has 0 N–H and O–H groups in total. The molecule has 0 spiro atoms. The van der Waals surface area contributed by atoms with Crippen molar-refractivity contribution in [2.75, 3.05) is 7.11 Å². The van der Waals surface area contributed by atoms with E-state index in [1.165, 1.54) is 0 Å². The van der Waals surface area contributed by atoms with Crippen molar-refractivity contribution in [1.29, 1.82) is 0 Å². The highest BCUT2D eigenvalue weighted by Gasteiger charge is 2.37. The fourth-order valence-corrected chi connectivity index (χ4v) is 3.56. The van der Waals surface area contributed by atoms with Gasteiger partial charge >= 0.3 is 0 Å². The maximum Gasteiger partial charge on any atom is 0.200 e. The molecule has 0 saturated carbocycles. The predicted molar refractivity (Wildman–Crippen MR) is 110 cm³/mol. The quantitative estimate of drug-likeness (QED) is 0.683. The molecule has 2 aliphatic rings. The summed E-state index contributed by atoms with van der Waals surface area (Å²) in [5.41, 5.74) is 1.53. The van der Waals surface area contributed by atoms with Crippen LogP contribution in [0.25, 0.3) is 12.2 Å². The first kappa shape index (κ1) is 18.4. The van der Waals surface area contributed by atoms with E-state index in [4.69, 9.17) is 14.2 Å². The monoisotopic (exact) mass is 376 g/mol. The maximum absolute atomic E-state index is 13.5. The standard InChI is InChI=1S/C24H24O4/c1-23(2)13-11-16-20(27-23)17-12-14-24(3,4)28-22(17)18(21(16)26-5)19(25)15-9-7-6-8-10-15/h6-14H,1-5H3. The van der Waals surface area contributed by atoms with Crippen LogP contribution in [0, 0.1) is 0 Å². The van der Waals surface area contributed by atoms with E-state index < -0.39 is 11.2 Å². The summed E-state index contributed by atoms with van der Waals surface area (Å²) in [6, 6.07) is 9.18. The molecular formula is C24H24O4. The molecule has 0 amide bonds. The van der Waals surface area contributed by atoms with E-state index in [1.807, 2.05) is 70.2 Å². The number of ketones is 1. The zero-order valence-electron chi connectivity index (χ0n) is 16.8. The lowest BCUT2D eigenvalue weighted by Gasteiger charge is -2.35. The SMILES string of the molecule is COc1c2c(c3c(c1C(=O)c1ccccc1)OC(C)(C)C=C3)OC(C)(C)C=C2. The van der Waals surface area contributed by atoms with Crippen LogP contribution in [-0.2, 0) is 0 Å². The van der Waals surface area contributed by atoms with Gasteiger partial charge in [-0.2, -0.15) is 0 Å². The van der Waals surface area contributed by atoms with Gasteiger partial charge in [-0.25, -0.2) is 0 Å². The molecule has 4 nitrogen and oxygen atoms in total. The summed E-state index contributed by atoms with van der Waals surface area (Å²) in [6.07, 6.45) is 7.90. The lowest BCUT2D eigenvalue weighted by molar-refractivity contribution is 0.101. The molecule has 2 aliphatic heterocycles. The van der Waals surface area contributed by atoms with Gasteiger partial charge in [-0.15, -0.1) is 0 Å². The van der Waals surface area contributed by atoms with Gasteiger partial charge in [0.1, 0.15) is 34.0 Å². The molecule has 0 saturated heterocycles. The highest BCUT2D eigenvalue weighted by molar-refractivity contribution is 6.14. The summed E-state index contributed by atoms with van der Waals surface area (Å²) in [6.45, 7) is 7.90. The predicted octanol–water partition coefficient (Wildman–Crippen LogP) is 5.29. The van der Waals surface area contributed by atoms with Crippen molar-refractivity contribution in [3.05, 3.63) is 64.7 Å². The molecule has 2 aromatic rings. The van der Waals surface area contributed by atoms with Crippen LogP contribution in [0.4, 0.5) is 0 Å². The second-order valence-corrected chi connectivity index (χ2v) is 8.17. The third-order valence-electron chi connectivity index (χ3n) is 4.93. The third-order valence-corrected chi connectivity index (χ3v) is 4.93. The Bertz CT molecular complexity index is 1010. The highest BCUT2D eigenvalue weighted by atomic mass is 16.5. The van der Waals surface area contributed by atoms with Crippen LogP contribution >= 0.6 is 0 Å². The number of ether oxygens (including phenoxy) is 3. The van der Waals surface area contributed by atoms with Crippen LogP contribution in [0.1, 0.15) is 54.7 Å². The fraction of sp³-hybridized carbons (Fsp3) is 0.292. The van der Waals surface area contributed by atoms with Crippen molar-refractivity contribution in [2.24, 2.45) is 0 Å². The summed E-state index contributed by atoms with van der Waals surface area (Å²) in [4.78, 5) is 13.5. The third kappa shape index (κ3) is 2.99. The molecule has 0 bridgehead atoms. The minimum atomic E-state index is -0.544. The van der Waals surface area contributed by atoms with Crippen LogP contribution in [0.2, 0.25) is 0 Å². The maximum atomic E-state index is 13.5. The van der Waals surface area contributed by atoms with Gasteiger partial charge in [0.25, 0.3) is 0 Å². The molecule has 0 fully saturated rings. The Morgan fingerprint density at radius 3 is 2.04 bits per heavy atom. The first-order valence-electron chi connectivity index (χ1n) is 9.37. The molecule has 28 heavy (non-hydrogen) atoms. The van der Waals surface area contributed by atoms with E-state index in [0.717, 1.165) is 11.1 Å². The van der Waals surface area contributed by atoms with Crippen molar-refractivity contribution in [1.82, 2.24) is 0 Å². The first-order valence-corrected chi connectivity index (χ1v) is 9.37. The van der Waals surface area contributed by atoms with Crippen molar-refractivity contribution >= 4 is 17.9 Å². The lowest BCUT2D eigenvalue weighted by Crippen LogP contribution is -2.32. The Balaban J connectivity index is 2.04. The number of fused-ring (bicyclic) bond motifs is 3. The van der Waals surface area contributed by atoms with Gasteiger partial charge in [0, 0.05) is 5.56 Å². The van der Waals surface area contributed by atoms with E-state index in [-0.39, 0.29) is 5.78 Å². The molecule has 0 unspecified atom stereocenters. The van der Waals surface area contributed by atoms with Gasteiger partial charge in [0.15, 0.2) is 0 Å². The Morgan fingerprint density at radius 2 is 1.43 bits per heavy atom. The van der Waals surface area contributed by atoms with Crippen molar-refractivity contribution < 1.29 is 19.0 Å². The van der Waals surface area contributed by atoms with Gasteiger partial charge < -0.3 is 14.2 Å². The van der Waals surface area contributed by atoms with E-state index in [9.17, 15) is 4.79 Å². The van der Waals surface area contributed by atoms with Gasteiger partial charge in [-0.3, -0.25) is 4.79 Å². The number of hydrogen-bond acceptors (Lipinski definition) is 4. The molecule has 0 aliphatic carbocycles. The average molecular weight is 376 g/mol. The van der Waals surface area contributed by atoms with Gasteiger partial charge in [-0.05, 0) is 52.0 Å². The number of benzene rings is 2. The zero-order valence-corrected chi connectivity index (χ0v) is 16.8. The molecule has 2 heterocycles. The van der Waals surface area contributed by atoms with Gasteiger partial charge in [-0.1, -0.05) is 30.3 Å². The van der Waals surface area contributed by atoms with Crippen molar-refractivity contribution in [2.45, 2.75) is 38.9 Å². The smallest absolute Gasteiger partial charge is 0.200 e. The summed E-state index contributed by atoms with van der Waals surface area (Å²) in [7, 11) is 1.57. The van der Waals surface area contributed by atoms with Crippen molar-refractivity contribution in [3.8, 4) is 17.2 Å². The Hall–Kier alpha value is -3.01. The fourth-order valence-electron chi connectivity index (χ4n) is 3.56. The topological polar surface area (TPSA) is 44.8 Å². The van der Waals surface area contributed by atoms with E-state index in [1.54, 1.807) is 19.2 Å². The minimum Gasteiger partial charge on any atom is -0.495 e. The van der Waals surface area contributed by atoms with Gasteiger partial charge in [0.05, 0.1) is 18.2 Å². The Labute approximate surface area is 165 Å². The molecule has 4 rings (SSSR count). The Morgan fingerprint density at radius 1 is 0.857 bits per heavy atom.